The molecule has 0 saturated carbocycles. The van der Waals surface area contributed by atoms with Crippen LogP contribution in [0.15, 0.2) is 55.1 Å². The van der Waals surface area contributed by atoms with E-state index in [0.29, 0.717) is 0 Å². The van der Waals surface area contributed by atoms with Crippen molar-refractivity contribution in [3.05, 3.63) is 60.7 Å². The molecule has 0 aliphatic heterocycles. The topological polar surface area (TPSA) is 23.8 Å². The highest BCUT2D eigenvalue weighted by molar-refractivity contribution is 5.30. The summed E-state index contributed by atoms with van der Waals surface area (Å²) >= 11 is 0. The third-order valence-electron chi connectivity index (χ3n) is 1.74. The van der Waals surface area contributed by atoms with Crippen LogP contribution < -0.4 is 0 Å². The highest BCUT2D eigenvalue weighted by atomic mass is 14.3. The fraction of sp³-hybridized carbons (Fsp3) is 0.0833. The van der Waals surface area contributed by atoms with Gasteiger partial charge in [-0.3, -0.25) is 0 Å². The molecule has 0 aliphatic rings. The van der Waals surface area contributed by atoms with Gasteiger partial charge < -0.3 is 0 Å². The van der Waals surface area contributed by atoms with E-state index in [1.165, 1.54) is 0 Å². The van der Waals surface area contributed by atoms with Gasteiger partial charge in [0.15, 0.2) is 0 Å². The van der Waals surface area contributed by atoms with E-state index < -0.39 is 0 Å². The second kappa shape index (κ2) is 4.95. The van der Waals surface area contributed by atoms with Crippen molar-refractivity contribution < 1.29 is 0 Å². The lowest BCUT2D eigenvalue weighted by atomic mass is 10.0. The van der Waals surface area contributed by atoms with Crippen LogP contribution in [0.3, 0.4) is 0 Å². The maximum absolute atomic E-state index is 8.87. The van der Waals surface area contributed by atoms with Crippen molar-refractivity contribution in [2.45, 2.75) is 5.92 Å². The number of nitriles is 1. The third-order valence-corrected chi connectivity index (χ3v) is 1.74. The molecule has 0 aromatic heterocycles. The van der Waals surface area contributed by atoms with Gasteiger partial charge in [0.25, 0.3) is 0 Å². The van der Waals surface area contributed by atoms with Crippen LogP contribution >= 0.6 is 0 Å². The monoisotopic (exact) mass is 169 g/mol. The average Bonchev–Trinajstić information content (AvgIpc) is 2.21. The van der Waals surface area contributed by atoms with Crippen LogP contribution in [-0.2, 0) is 0 Å². The zero-order chi connectivity index (χ0) is 9.52. The van der Waals surface area contributed by atoms with Crippen LogP contribution in [0.4, 0.5) is 0 Å². The highest BCUT2D eigenvalue weighted by Gasteiger charge is 2.03. The quantitative estimate of drug-likeness (QED) is 0.638. The summed E-state index contributed by atoms with van der Waals surface area (Å²) in [7, 11) is 0. The van der Waals surface area contributed by atoms with Gasteiger partial charge in [-0.15, -0.1) is 0 Å². The Labute approximate surface area is 78.6 Å². The van der Waals surface area contributed by atoms with Gasteiger partial charge in [-0.2, -0.15) is 5.26 Å². The maximum atomic E-state index is 8.87. The van der Waals surface area contributed by atoms with Crippen LogP contribution in [0.25, 0.3) is 0 Å². The second-order valence-electron chi connectivity index (χ2n) is 2.64. The molecule has 1 unspecified atom stereocenters. The minimum Gasteiger partial charge on any atom is -0.197 e. The van der Waals surface area contributed by atoms with Crippen LogP contribution in [-0.4, -0.2) is 0 Å². The Morgan fingerprint density at radius 2 is 2.00 bits per heavy atom. The summed E-state index contributed by atoms with van der Waals surface area (Å²) in [5.41, 5.74) is 1.02. The maximum Gasteiger partial charge on any atom is 0.0896 e. The molecule has 64 valence electrons. The van der Waals surface area contributed by atoms with Gasteiger partial charge in [0.2, 0.25) is 0 Å². The van der Waals surface area contributed by atoms with Gasteiger partial charge in [-0.25, -0.2) is 0 Å². The zero-order valence-electron chi connectivity index (χ0n) is 7.35. The Morgan fingerprint density at radius 1 is 1.31 bits per heavy atom. The highest BCUT2D eigenvalue weighted by Crippen LogP contribution is 2.15. The van der Waals surface area contributed by atoms with Gasteiger partial charge in [-0.1, -0.05) is 55.1 Å². The Bertz CT molecular complexity index is 330. The average molecular weight is 169 g/mol. The molecule has 0 aliphatic carbocycles. The Kier molecular flexibility index (Phi) is 3.53. The number of nitrogens with zero attached hydrogens (tertiary/aromatic N) is 1. The molecule has 13 heavy (non-hydrogen) atoms. The zero-order valence-corrected chi connectivity index (χ0v) is 7.35. The lowest BCUT2D eigenvalue weighted by Crippen LogP contribution is -1.89. The molecule has 0 heterocycles. The Balaban J connectivity index is 2.86. The molecule has 0 spiro atoms. The molecule has 0 N–H and O–H groups in total. The number of rotatable bonds is 3. The summed E-state index contributed by atoms with van der Waals surface area (Å²) in [6.07, 6.45) is 5.30. The van der Waals surface area contributed by atoms with Gasteiger partial charge >= 0.3 is 0 Å². The van der Waals surface area contributed by atoms with Crippen molar-refractivity contribution in [2.24, 2.45) is 0 Å². The predicted molar refractivity (Wildman–Crippen MR) is 54.1 cm³/mol. The standard InChI is InChI=1S/C12H11N/c1-2-3-7-12(10-13)11-8-5-4-6-9-11/h2-9,12H,1H2. The van der Waals surface area contributed by atoms with Crippen LogP contribution in [0.2, 0.25) is 0 Å². The summed E-state index contributed by atoms with van der Waals surface area (Å²) < 4.78 is 0. The van der Waals surface area contributed by atoms with Crippen molar-refractivity contribution in [2.75, 3.05) is 0 Å². The van der Waals surface area contributed by atoms with E-state index in [1.54, 1.807) is 12.2 Å². The van der Waals surface area contributed by atoms with Crippen molar-refractivity contribution in [1.29, 1.82) is 5.26 Å². The minimum absolute atomic E-state index is 0.167. The fourth-order valence-electron chi connectivity index (χ4n) is 1.08. The van der Waals surface area contributed by atoms with E-state index in [2.05, 4.69) is 12.6 Å². The Hall–Kier alpha value is -1.81. The number of benzene rings is 1. The van der Waals surface area contributed by atoms with E-state index in [-0.39, 0.29) is 5.92 Å². The first-order valence-electron chi connectivity index (χ1n) is 4.12. The normalized spacial score (nSPS) is 12.2. The number of hydrogen-bond acceptors (Lipinski definition) is 1. The summed E-state index contributed by atoms with van der Waals surface area (Å²) in [6, 6.07) is 11.9. The first-order chi connectivity index (χ1) is 6.38. The molecule has 0 fully saturated rings. The lowest BCUT2D eigenvalue weighted by molar-refractivity contribution is 1.09. The molecular weight excluding hydrogens is 158 g/mol. The molecule has 1 atom stereocenters. The SMILES string of the molecule is C=CC=CC(C#N)c1ccccc1. The lowest BCUT2D eigenvalue weighted by Gasteiger charge is -2.01. The van der Waals surface area contributed by atoms with Gasteiger partial charge in [0.1, 0.15) is 0 Å². The number of allylic oxidation sites excluding steroid dienone is 3. The van der Waals surface area contributed by atoms with Crippen LogP contribution in [0.1, 0.15) is 11.5 Å². The van der Waals surface area contributed by atoms with Crippen molar-refractivity contribution in [3.63, 3.8) is 0 Å². The molecule has 0 amide bonds. The molecular formula is C12H11N. The van der Waals surface area contributed by atoms with E-state index in [4.69, 9.17) is 5.26 Å². The van der Waals surface area contributed by atoms with E-state index in [1.807, 2.05) is 36.4 Å². The smallest absolute Gasteiger partial charge is 0.0896 e. The van der Waals surface area contributed by atoms with Crippen LogP contribution in [0, 0.1) is 11.3 Å². The van der Waals surface area contributed by atoms with Crippen molar-refractivity contribution >= 4 is 0 Å². The van der Waals surface area contributed by atoms with Crippen LogP contribution in [0.5, 0.6) is 0 Å². The Morgan fingerprint density at radius 3 is 2.54 bits per heavy atom. The summed E-state index contributed by atoms with van der Waals surface area (Å²) in [5, 5.41) is 8.87. The largest absolute Gasteiger partial charge is 0.197 e. The molecule has 0 radical (unpaired) electrons. The molecule has 1 aromatic carbocycles. The second-order valence-corrected chi connectivity index (χ2v) is 2.64. The molecule has 1 aromatic rings. The first kappa shape index (κ1) is 9.28. The molecule has 0 bridgehead atoms. The van der Waals surface area contributed by atoms with Crippen molar-refractivity contribution in [3.8, 4) is 6.07 Å². The van der Waals surface area contributed by atoms with Gasteiger partial charge in [0, 0.05) is 0 Å². The van der Waals surface area contributed by atoms with E-state index >= 15 is 0 Å². The summed E-state index contributed by atoms with van der Waals surface area (Å²) in [4.78, 5) is 0. The summed E-state index contributed by atoms with van der Waals surface area (Å²) in [5.74, 6) is -0.167. The molecule has 1 heteroatoms. The van der Waals surface area contributed by atoms with E-state index in [9.17, 15) is 0 Å². The number of hydrogen-bond donors (Lipinski definition) is 0. The predicted octanol–water partition coefficient (Wildman–Crippen LogP) is 3.04. The molecule has 0 saturated heterocycles. The van der Waals surface area contributed by atoms with E-state index in [0.717, 1.165) is 5.56 Å². The minimum atomic E-state index is -0.167. The molecule has 1 rings (SSSR count). The van der Waals surface area contributed by atoms with Gasteiger partial charge in [-0.05, 0) is 5.56 Å². The van der Waals surface area contributed by atoms with Gasteiger partial charge in [0.05, 0.1) is 12.0 Å². The fourth-order valence-corrected chi connectivity index (χ4v) is 1.08. The van der Waals surface area contributed by atoms with Crippen molar-refractivity contribution in [1.82, 2.24) is 0 Å². The first-order valence-corrected chi connectivity index (χ1v) is 4.12. The third kappa shape index (κ3) is 2.61. The molecule has 1 nitrogen and oxygen atoms in total. The summed E-state index contributed by atoms with van der Waals surface area (Å²) in [6.45, 7) is 3.56.